The van der Waals surface area contributed by atoms with Gasteiger partial charge < -0.3 is 190 Å². The topological polar surface area (TPSA) is 818 Å². The fourth-order valence-electron chi connectivity index (χ4n) is 12.4. The Morgan fingerprint density at radius 1 is 0.350 bits per heavy atom. The van der Waals surface area contributed by atoms with Crippen LogP contribution in [0.1, 0.15) is 93.2 Å². The largest absolute Gasteiger partial charge is 0.504 e. The number of aromatic hydroxyl groups is 26. The lowest BCUT2D eigenvalue weighted by Crippen LogP contribution is -2.63. The SMILES string of the molecule is O=C[C@@H](OC(=O)c1cc(O)c(O)c(O)c1Oc1cc(C(=O)O[C@@H]2O[C@H]3COC(=O)c4cc(O)c(O)c(O)c4-c4c(cc(O)c(O)c4O)C(=O)O[C@@H]3[C@H](OC(=O)c3cc(O)c(O)c(O)c3)[C@H]2OC(=O)c2cc(O)c(O)c(O)c2)cc(O)c1O)[C@H](OC(=O)c1cc(O)c(O)c(O)c1)[C@H]1OC(=O)c2cc(O)c(O)c(O)c2-c2c(cc(O)c(O)c2O)C(=O)OC[C@H]1O. The summed E-state index contributed by atoms with van der Waals surface area (Å²) in [5, 5.41) is 292. The zero-order valence-electron chi connectivity index (χ0n) is 60.3. The second-order valence-corrected chi connectivity index (χ2v) is 26.1. The molecule has 0 aromatic heterocycles. The van der Waals surface area contributed by atoms with Gasteiger partial charge in [0, 0.05) is 28.3 Å². The van der Waals surface area contributed by atoms with Gasteiger partial charge in [0.2, 0.25) is 52.6 Å². The van der Waals surface area contributed by atoms with E-state index in [1.807, 2.05) is 0 Å². The normalized spacial score (nSPS) is 17.9. The van der Waals surface area contributed by atoms with Gasteiger partial charge in [-0.1, -0.05) is 0 Å². The number of phenols is 26. The van der Waals surface area contributed by atoms with Crippen molar-refractivity contribution >= 4 is 60.0 Å². The van der Waals surface area contributed by atoms with Crippen LogP contribution in [0, 0.1) is 0 Å². The molecule has 1 saturated heterocycles. The standard InChI is InChI=1S/C75H54O48/c76-14-40(62(119-66(104)17-1-26(77)46(90)27(78)2-17)61-38(89)15-113-70(108)21-9-33(84)50(94)55(99)42(21)44-23(72(110)118-61)11-35(86)52(96)57(44)101)116-74(112)25-13-37(88)54(98)59(103)60(25)115-39-8-20(7-32(83)49(39)93)69(107)123-75-65(122-68(106)19-5-30(81)48(92)31(82)6-19)64(121-67(105)18-3-28(79)47(91)29(80)4-18)63-41(117-75)16-114-71(109)22-10-34(85)51(95)56(100)43(22)45-24(73(111)120-63)12-36(87)53(97)58(45)102/h1-14,38,40-41,61-65,75,77-103H,15-16H2/t38-,40-,41+,61+,62+,63+,64+,65-,75+/m1/s1. The van der Waals surface area contributed by atoms with Crippen molar-refractivity contribution in [2.45, 2.75) is 55.1 Å². The summed E-state index contributed by atoms with van der Waals surface area (Å²) in [6, 6.07) is 4.10. The van der Waals surface area contributed by atoms with E-state index in [1.54, 1.807) is 0 Å². The maximum Gasteiger partial charge on any atom is 0.343 e. The monoisotopic (exact) mass is 1720 g/mol. The van der Waals surface area contributed by atoms with Crippen molar-refractivity contribution in [2.75, 3.05) is 13.2 Å². The first-order valence-electron chi connectivity index (χ1n) is 33.8. The number of ether oxygens (including phenoxy) is 11. The molecule has 0 saturated carbocycles. The van der Waals surface area contributed by atoms with Crippen LogP contribution < -0.4 is 4.74 Å². The van der Waals surface area contributed by atoms with E-state index in [-0.39, 0.29) is 30.3 Å². The molecule has 9 atom stereocenters. The van der Waals surface area contributed by atoms with Crippen LogP contribution in [0.3, 0.4) is 0 Å². The number of carbonyl (C=O) groups excluding carboxylic acids is 10. The number of fused-ring (bicyclic) bond motifs is 7. The van der Waals surface area contributed by atoms with Crippen LogP contribution in [0.15, 0.2) is 78.9 Å². The summed E-state index contributed by atoms with van der Waals surface area (Å²) < 4.78 is 61.0. The highest BCUT2D eigenvalue weighted by molar-refractivity contribution is 6.10. The van der Waals surface area contributed by atoms with Gasteiger partial charge in [-0.3, -0.25) is 4.79 Å². The first kappa shape index (κ1) is 84.8. The maximum absolute atomic E-state index is 15.0. The molecule has 123 heavy (non-hydrogen) atoms. The highest BCUT2D eigenvalue weighted by Gasteiger charge is 2.56. The van der Waals surface area contributed by atoms with Gasteiger partial charge in [-0.2, -0.15) is 0 Å². The Morgan fingerprint density at radius 2 is 0.691 bits per heavy atom. The van der Waals surface area contributed by atoms with E-state index in [2.05, 4.69) is 0 Å². The molecule has 0 bridgehead atoms. The predicted octanol–water partition coefficient (Wildman–Crippen LogP) is 2.59. The number of aldehydes is 1. The number of hydrogen-bond acceptors (Lipinski definition) is 48. The molecule has 12 rings (SSSR count). The van der Waals surface area contributed by atoms with Gasteiger partial charge in [-0.25, -0.2) is 43.2 Å². The van der Waals surface area contributed by atoms with Crippen molar-refractivity contribution < 1.29 is 238 Å². The second-order valence-electron chi connectivity index (χ2n) is 26.1. The van der Waals surface area contributed by atoms with Gasteiger partial charge in [0.05, 0.1) is 44.5 Å². The third kappa shape index (κ3) is 15.4. The van der Waals surface area contributed by atoms with Gasteiger partial charge >= 0.3 is 53.7 Å². The zero-order chi connectivity index (χ0) is 90.2. The lowest BCUT2D eigenvalue weighted by molar-refractivity contribution is -0.282. The van der Waals surface area contributed by atoms with Gasteiger partial charge in [0.1, 0.15) is 31.0 Å². The highest BCUT2D eigenvalue weighted by Crippen LogP contribution is 2.57. The first-order valence-corrected chi connectivity index (χ1v) is 33.8. The summed E-state index contributed by atoms with van der Waals surface area (Å²) in [7, 11) is 0. The molecule has 48 nitrogen and oxygen atoms in total. The number of cyclic esters (lactones) is 3. The quantitative estimate of drug-likeness (QED) is 0.0303. The number of aliphatic hydroxyl groups is 1. The van der Waals surface area contributed by atoms with Crippen molar-refractivity contribution in [3.05, 3.63) is 129 Å². The van der Waals surface area contributed by atoms with Crippen LogP contribution >= 0.6 is 0 Å². The first-order chi connectivity index (χ1) is 57.8. The van der Waals surface area contributed by atoms with E-state index >= 15 is 0 Å². The molecule has 3 aliphatic heterocycles. The Labute approximate surface area is 676 Å². The molecule has 0 spiro atoms. The Hall–Kier alpha value is -17.6. The molecule has 9 aromatic carbocycles. The second kappa shape index (κ2) is 32.1. The van der Waals surface area contributed by atoms with Crippen molar-refractivity contribution in [1.82, 2.24) is 0 Å². The molecule has 3 aliphatic rings. The Morgan fingerprint density at radius 3 is 1.11 bits per heavy atom. The van der Waals surface area contributed by atoms with Crippen molar-refractivity contribution in [1.29, 1.82) is 0 Å². The minimum atomic E-state index is -3.09. The molecule has 3 heterocycles. The Balaban J connectivity index is 0.948. The minimum absolute atomic E-state index is 0.0956. The number of benzene rings is 9. The Kier molecular flexibility index (Phi) is 22.1. The molecular formula is C75H54O48. The van der Waals surface area contributed by atoms with Crippen LogP contribution in [0.5, 0.6) is 161 Å². The molecule has 642 valence electrons. The van der Waals surface area contributed by atoms with Gasteiger partial charge in [0.25, 0.3) is 0 Å². The van der Waals surface area contributed by atoms with Gasteiger partial charge in [-0.05, 0) is 72.8 Å². The third-order valence-corrected chi connectivity index (χ3v) is 18.4. The van der Waals surface area contributed by atoms with Crippen molar-refractivity contribution in [3.63, 3.8) is 0 Å². The Bertz CT molecular complexity index is 5970. The number of aliphatic hydroxyl groups excluding tert-OH is 1. The molecule has 0 amide bonds. The maximum atomic E-state index is 15.0. The number of hydrogen-bond donors (Lipinski definition) is 27. The average Bonchev–Trinajstić information content (AvgIpc) is 1.74. The number of esters is 9. The van der Waals surface area contributed by atoms with Crippen molar-refractivity contribution in [3.8, 4) is 183 Å². The lowest BCUT2D eigenvalue weighted by atomic mass is 9.92. The van der Waals surface area contributed by atoms with Crippen LogP contribution in [0.25, 0.3) is 22.3 Å². The number of rotatable bonds is 15. The zero-order valence-corrected chi connectivity index (χ0v) is 60.3. The van der Waals surface area contributed by atoms with Crippen molar-refractivity contribution in [2.24, 2.45) is 0 Å². The molecular weight excluding hydrogens is 1670 g/mol. The van der Waals surface area contributed by atoms with Gasteiger partial charge in [-0.15, -0.1) is 0 Å². The fourth-order valence-corrected chi connectivity index (χ4v) is 12.4. The van der Waals surface area contributed by atoms with E-state index in [4.69, 9.17) is 52.1 Å². The number of carbonyl (C=O) groups is 10. The van der Waals surface area contributed by atoms with E-state index in [0.717, 1.165) is 0 Å². The smallest absolute Gasteiger partial charge is 0.343 e. The van der Waals surface area contributed by atoms with Crippen LogP contribution in [-0.4, -0.2) is 266 Å². The van der Waals surface area contributed by atoms with E-state index < -0.39 is 362 Å². The summed E-state index contributed by atoms with van der Waals surface area (Å²) in [6.45, 7) is -3.15. The molecule has 27 N–H and O–H groups in total. The molecule has 0 unspecified atom stereocenters. The summed E-state index contributed by atoms with van der Waals surface area (Å²) in [4.78, 5) is 144. The summed E-state index contributed by atoms with van der Waals surface area (Å²) >= 11 is 0. The minimum Gasteiger partial charge on any atom is -0.504 e. The lowest BCUT2D eigenvalue weighted by Gasteiger charge is -2.43. The third-order valence-electron chi connectivity index (χ3n) is 18.4. The predicted molar refractivity (Wildman–Crippen MR) is 381 cm³/mol. The summed E-state index contributed by atoms with van der Waals surface area (Å²) in [5.74, 6) is -58.9. The fraction of sp³-hybridized carbons (Fsp3) is 0.147. The van der Waals surface area contributed by atoms with Crippen LogP contribution in [-0.2, 0) is 52.2 Å². The molecule has 9 aromatic rings. The highest BCUT2D eigenvalue weighted by atomic mass is 16.8. The summed E-state index contributed by atoms with van der Waals surface area (Å²) in [6.07, 6.45) is -26.5. The average molecular weight is 1720 g/mol. The van der Waals surface area contributed by atoms with Crippen LogP contribution in [0.4, 0.5) is 0 Å². The number of phenolic OH excluding ortho intramolecular Hbond substituents is 26. The molecule has 0 aliphatic carbocycles. The van der Waals surface area contributed by atoms with Gasteiger partial charge in [0.15, 0.2) is 158 Å². The summed E-state index contributed by atoms with van der Waals surface area (Å²) in [5.41, 5.74) is -15.8. The van der Waals surface area contributed by atoms with E-state index in [9.17, 15) is 186 Å². The molecule has 0 radical (unpaired) electrons. The van der Waals surface area contributed by atoms with Crippen LogP contribution in [0.2, 0.25) is 0 Å². The van der Waals surface area contributed by atoms with E-state index in [0.29, 0.717) is 48.5 Å². The van der Waals surface area contributed by atoms with E-state index in [1.165, 1.54) is 0 Å². The molecule has 48 heteroatoms. The molecule has 1 fully saturated rings.